The molecule has 4 nitrogen and oxygen atoms in total. The summed E-state index contributed by atoms with van der Waals surface area (Å²) in [6, 6.07) is 0. The van der Waals surface area contributed by atoms with Crippen molar-refractivity contribution < 1.29 is 14.3 Å². The van der Waals surface area contributed by atoms with Crippen molar-refractivity contribution in [3.8, 4) is 0 Å². The van der Waals surface area contributed by atoms with Crippen LogP contribution in [0.2, 0.25) is 0 Å². The first-order valence-electron chi connectivity index (χ1n) is 4.55. The molecule has 0 atom stereocenters. The van der Waals surface area contributed by atoms with Crippen LogP contribution in [0.15, 0.2) is 0 Å². The highest BCUT2D eigenvalue weighted by atomic mass is 16.5. The third kappa shape index (κ3) is 1.25. The molecule has 2 fully saturated rings. The van der Waals surface area contributed by atoms with Gasteiger partial charge in [-0.2, -0.15) is 0 Å². The lowest BCUT2D eigenvalue weighted by atomic mass is 9.57. The van der Waals surface area contributed by atoms with Crippen LogP contribution in [0.25, 0.3) is 0 Å². The van der Waals surface area contributed by atoms with Crippen molar-refractivity contribution >= 4 is 5.97 Å². The molecule has 2 N–H and O–H groups in total. The lowest BCUT2D eigenvalue weighted by Gasteiger charge is -2.49. The molecule has 2 rings (SSSR count). The molecule has 0 bridgehead atoms. The van der Waals surface area contributed by atoms with Gasteiger partial charge in [0.15, 0.2) is 0 Å². The van der Waals surface area contributed by atoms with E-state index in [0.717, 1.165) is 19.6 Å². The monoisotopic (exact) mass is 185 g/mol. The molecule has 2 aliphatic rings. The fraction of sp³-hybridized carbons (Fsp3) is 0.889. The van der Waals surface area contributed by atoms with Crippen molar-refractivity contribution in [1.82, 2.24) is 0 Å². The summed E-state index contributed by atoms with van der Waals surface area (Å²) in [5, 5.41) is 0. The standard InChI is InChI=1S/C9H15NO3/c1-12-7(11)9(10)4-8(5-9)2-3-13-6-8/h2-6,10H2,1H3. The zero-order chi connectivity index (χ0) is 9.53. The van der Waals surface area contributed by atoms with Gasteiger partial charge in [-0.15, -0.1) is 0 Å². The normalized spacial score (nSPS) is 43.2. The molecule has 0 amide bonds. The van der Waals surface area contributed by atoms with E-state index in [0.29, 0.717) is 12.8 Å². The van der Waals surface area contributed by atoms with Gasteiger partial charge in [-0.1, -0.05) is 0 Å². The number of hydrogen-bond donors (Lipinski definition) is 1. The van der Waals surface area contributed by atoms with E-state index in [2.05, 4.69) is 4.74 Å². The van der Waals surface area contributed by atoms with Crippen LogP contribution in [0, 0.1) is 5.41 Å². The minimum absolute atomic E-state index is 0.183. The van der Waals surface area contributed by atoms with E-state index in [1.54, 1.807) is 0 Å². The summed E-state index contributed by atoms with van der Waals surface area (Å²) < 4.78 is 9.96. The Morgan fingerprint density at radius 1 is 1.54 bits per heavy atom. The largest absolute Gasteiger partial charge is 0.468 e. The van der Waals surface area contributed by atoms with Crippen LogP contribution >= 0.6 is 0 Å². The van der Waals surface area contributed by atoms with E-state index in [1.807, 2.05) is 0 Å². The maximum atomic E-state index is 11.3. The predicted molar refractivity (Wildman–Crippen MR) is 46.0 cm³/mol. The molecular formula is C9H15NO3. The number of ether oxygens (including phenoxy) is 2. The van der Waals surface area contributed by atoms with E-state index < -0.39 is 5.54 Å². The molecule has 0 aromatic heterocycles. The number of carbonyl (C=O) groups excluding carboxylic acids is 1. The zero-order valence-electron chi connectivity index (χ0n) is 7.84. The van der Waals surface area contributed by atoms with Gasteiger partial charge in [0.1, 0.15) is 5.54 Å². The van der Waals surface area contributed by atoms with Crippen LogP contribution in [0.3, 0.4) is 0 Å². The van der Waals surface area contributed by atoms with Crippen molar-refractivity contribution in [3.63, 3.8) is 0 Å². The fourth-order valence-corrected chi connectivity index (χ4v) is 2.56. The number of hydrogen-bond acceptors (Lipinski definition) is 4. The number of nitrogens with two attached hydrogens (primary N) is 1. The highest BCUT2D eigenvalue weighted by Crippen LogP contribution is 2.52. The SMILES string of the molecule is COC(=O)C1(N)CC2(CCOC2)C1. The summed E-state index contributed by atoms with van der Waals surface area (Å²) in [7, 11) is 1.38. The smallest absolute Gasteiger partial charge is 0.325 e. The molecule has 1 aliphatic heterocycles. The summed E-state index contributed by atoms with van der Waals surface area (Å²) in [5.41, 5.74) is 5.33. The Labute approximate surface area is 77.4 Å². The molecule has 0 unspecified atom stereocenters. The van der Waals surface area contributed by atoms with Gasteiger partial charge < -0.3 is 15.2 Å². The van der Waals surface area contributed by atoms with E-state index >= 15 is 0 Å². The predicted octanol–water partition coefficient (Wildman–Crippen LogP) is 0.0574. The van der Waals surface area contributed by atoms with Crippen LogP contribution < -0.4 is 5.73 Å². The van der Waals surface area contributed by atoms with Gasteiger partial charge in [-0.3, -0.25) is 4.79 Å². The summed E-state index contributed by atoms with van der Waals surface area (Å²) in [4.78, 5) is 11.3. The van der Waals surface area contributed by atoms with Crippen molar-refractivity contribution in [2.24, 2.45) is 11.1 Å². The fourth-order valence-electron chi connectivity index (χ4n) is 2.56. The summed E-state index contributed by atoms with van der Waals surface area (Å²) >= 11 is 0. The Morgan fingerprint density at radius 3 is 2.69 bits per heavy atom. The molecule has 1 heterocycles. The molecular weight excluding hydrogens is 170 g/mol. The summed E-state index contributed by atoms with van der Waals surface area (Å²) in [6.45, 7) is 1.56. The molecule has 1 spiro atoms. The van der Waals surface area contributed by atoms with Gasteiger partial charge in [-0.05, 0) is 19.3 Å². The zero-order valence-corrected chi connectivity index (χ0v) is 7.84. The maximum Gasteiger partial charge on any atom is 0.325 e. The van der Waals surface area contributed by atoms with Crippen LogP contribution in [0.4, 0.5) is 0 Å². The van der Waals surface area contributed by atoms with Gasteiger partial charge in [0.25, 0.3) is 0 Å². The van der Waals surface area contributed by atoms with Crippen molar-refractivity contribution in [2.45, 2.75) is 24.8 Å². The molecule has 0 radical (unpaired) electrons. The van der Waals surface area contributed by atoms with Crippen LogP contribution in [-0.4, -0.2) is 31.8 Å². The second-order valence-corrected chi connectivity index (χ2v) is 4.30. The average molecular weight is 185 g/mol. The van der Waals surface area contributed by atoms with Crippen LogP contribution in [-0.2, 0) is 14.3 Å². The Kier molecular flexibility index (Phi) is 1.85. The lowest BCUT2D eigenvalue weighted by Crippen LogP contribution is -2.63. The third-order valence-electron chi connectivity index (χ3n) is 3.16. The number of esters is 1. The van der Waals surface area contributed by atoms with E-state index in [-0.39, 0.29) is 11.4 Å². The highest BCUT2D eigenvalue weighted by Gasteiger charge is 2.58. The minimum Gasteiger partial charge on any atom is -0.468 e. The molecule has 74 valence electrons. The quantitative estimate of drug-likeness (QED) is 0.587. The number of carbonyl (C=O) groups is 1. The van der Waals surface area contributed by atoms with E-state index in [1.165, 1.54) is 7.11 Å². The Bertz CT molecular complexity index is 225. The molecule has 1 saturated heterocycles. The van der Waals surface area contributed by atoms with Gasteiger partial charge in [-0.25, -0.2) is 0 Å². The minimum atomic E-state index is -0.734. The number of methoxy groups -OCH3 is 1. The van der Waals surface area contributed by atoms with Crippen molar-refractivity contribution in [3.05, 3.63) is 0 Å². The second kappa shape index (κ2) is 2.69. The average Bonchev–Trinajstić information content (AvgIpc) is 2.50. The summed E-state index contributed by atoms with van der Waals surface area (Å²) in [5.74, 6) is -0.287. The molecule has 1 saturated carbocycles. The molecule has 1 aliphatic carbocycles. The first-order chi connectivity index (χ1) is 6.10. The first-order valence-corrected chi connectivity index (χ1v) is 4.55. The van der Waals surface area contributed by atoms with Crippen molar-refractivity contribution in [1.29, 1.82) is 0 Å². The van der Waals surface area contributed by atoms with Gasteiger partial charge in [0.05, 0.1) is 13.7 Å². The van der Waals surface area contributed by atoms with E-state index in [4.69, 9.17) is 10.5 Å². The van der Waals surface area contributed by atoms with Crippen LogP contribution in [0.1, 0.15) is 19.3 Å². The summed E-state index contributed by atoms with van der Waals surface area (Å²) in [6.07, 6.45) is 2.46. The highest BCUT2D eigenvalue weighted by molar-refractivity contribution is 5.82. The van der Waals surface area contributed by atoms with Crippen LogP contribution in [0.5, 0.6) is 0 Å². The molecule has 0 aromatic carbocycles. The topological polar surface area (TPSA) is 61.5 Å². The molecule has 4 heteroatoms. The Morgan fingerprint density at radius 2 is 2.23 bits per heavy atom. The van der Waals surface area contributed by atoms with Gasteiger partial charge in [0, 0.05) is 12.0 Å². The third-order valence-corrected chi connectivity index (χ3v) is 3.16. The van der Waals surface area contributed by atoms with Crippen molar-refractivity contribution in [2.75, 3.05) is 20.3 Å². The maximum absolute atomic E-state index is 11.3. The van der Waals surface area contributed by atoms with Gasteiger partial charge in [0.2, 0.25) is 0 Å². The molecule has 0 aromatic rings. The lowest BCUT2D eigenvalue weighted by molar-refractivity contribution is -0.157. The Hall–Kier alpha value is -0.610. The number of rotatable bonds is 1. The van der Waals surface area contributed by atoms with Gasteiger partial charge >= 0.3 is 5.97 Å². The first kappa shape index (κ1) is 8.97. The second-order valence-electron chi connectivity index (χ2n) is 4.30. The van der Waals surface area contributed by atoms with E-state index in [9.17, 15) is 4.79 Å². The Balaban J connectivity index is 1.98. The molecule has 13 heavy (non-hydrogen) atoms.